The first-order valence-electron chi connectivity index (χ1n) is 16.7. The van der Waals surface area contributed by atoms with E-state index in [4.69, 9.17) is 0 Å². The van der Waals surface area contributed by atoms with E-state index in [1.807, 2.05) is 18.2 Å². The Morgan fingerprint density at radius 3 is 2.15 bits per heavy atom. The van der Waals surface area contributed by atoms with Gasteiger partial charge in [0.05, 0.1) is 10.3 Å². The summed E-state index contributed by atoms with van der Waals surface area (Å²) >= 11 is 0. The van der Waals surface area contributed by atoms with E-state index < -0.39 is 29.4 Å². The standard InChI is InChI=1S/C34H40FN7O5/c35-31-28-21-26(5-6-27(28)33(45)41(37-31)29-7-8-30(43)36-32(29)44)39-15-9-23(10-16-39)22-38-17-11-34(12-18-38)13-19-40(20-14-34)24-1-3-25(4-2-24)42(46)47/h1-6,21,23,29H,7-20,22H2,(H,36,43,44). The summed E-state index contributed by atoms with van der Waals surface area (Å²) < 4.78 is 16.1. The van der Waals surface area contributed by atoms with E-state index in [0.29, 0.717) is 11.3 Å². The zero-order chi connectivity index (χ0) is 32.7. The van der Waals surface area contributed by atoms with Crippen molar-refractivity contribution < 1.29 is 18.9 Å². The van der Waals surface area contributed by atoms with Gasteiger partial charge in [-0.05, 0) is 99.7 Å². The van der Waals surface area contributed by atoms with Crippen LogP contribution in [0.25, 0.3) is 10.8 Å². The topological polar surface area (TPSA) is 134 Å². The second-order valence-corrected chi connectivity index (χ2v) is 13.7. The number of fused-ring (bicyclic) bond motifs is 1. The molecule has 7 rings (SSSR count). The maximum absolute atomic E-state index is 15.2. The lowest BCUT2D eigenvalue weighted by atomic mass is 9.71. The van der Waals surface area contributed by atoms with E-state index in [-0.39, 0.29) is 34.2 Å². The predicted octanol–water partition coefficient (Wildman–Crippen LogP) is 4.02. The molecular formula is C34H40FN7O5. The molecule has 1 N–H and O–H groups in total. The van der Waals surface area contributed by atoms with Gasteiger partial charge in [0.2, 0.25) is 11.9 Å². The van der Waals surface area contributed by atoms with Gasteiger partial charge in [-0.15, -0.1) is 5.10 Å². The van der Waals surface area contributed by atoms with Crippen LogP contribution in [0, 0.1) is 27.4 Å². The molecule has 0 bridgehead atoms. The number of carbonyl (C=O) groups is 2. The molecule has 3 aromatic rings. The lowest BCUT2D eigenvalue weighted by Crippen LogP contribution is -2.48. The number of rotatable bonds is 6. The van der Waals surface area contributed by atoms with E-state index >= 15 is 4.39 Å². The van der Waals surface area contributed by atoms with Crippen molar-refractivity contribution in [1.82, 2.24) is 20.0 Å². The summed E-state index contributed by atoms with van der Waals surface area (Å²) in [5.41, 5.74) is 1.90. The summed E-state index contributed by atoms with van der Waals surface area (Å²) in [5, 5.41) is 17.3. The normalized spacial score (nSPS) is 22.5. The number of nitro benzene ring substituents is 1. The van der Waals surface area contributed by atoms with Crippen LogP contribution >= 0.6 is 0 Å². The minimum atomic E-state index is -1.01. The number of imide groups is 1. The second-order valence-electron chi connectivity index (χ2n) is 13.7. The Bertz CT molecular complexity index is 1740. The number of benzene rings is 2. The number of hydrogen-bond donors (Lipinski definition) is 1. The number of anilines is 2. The Morgan fingerprint density at radius 1 is 0.851 bits per heavy atom. The summed E-state index contributed by atoms with van der Waals surface area (Å²) in [7, 11) is 0. The highest BCUT2D eigenvalue weighted by Gasteiger charge is 2.38. The molecule has 4 aliphatic heterocycles. The smallest absolute Gasteiger partial charge is 0.275 e. The molecule has 13 heteroatoms. The van der Waals surface area contributed by atoms with E-state index in [9.17, 15) is 24.5 Å². The number of aromatic nitrogens is 2. The summed E-state index contributed by atoms with van der Waals surface area (Å²) in [6.07, 6.45) is 7.00. The Balaban J connectivity index is 0.903. The highest BCUT2D eigenvalue weighted by atomic mass is 19.1. The Labute approximate surface area is 271 Å². The Kier molecular flexibility index (Phi) is 8.41. The zero-order valence-corrected chi connectivity index (χ0v) is 26.4. The van der Waals surface area contributed by atoms with Crippen molar-refractivity contribution in [2.45, 2.75) is 57.4 Å². The van der Waals surface area contributed by atoms with Crippen molar-refractivity contribution in [2.24, 2.45) is 11.3 Å². The predicted molar refractivity (Wildman–Crippen MR) is 175 cm³/mol. The summed E-state index contributed by atoms with van der Waals surface area (Å²) in [5.74, 6) is -1.25. The molecule has 4 fully saturated rings. The molecular weight excluding hydrogens is 605 g/mol. The van der Waals surface area contributed by atoms with Crippen LogP contribution < -0.4 is 20.7 Å². The fraction of sp³-hybridized carbons (Fsp3) is 0.529. The van der Waals surface area contributed by atoms with E-state index in [1.165, 1.54) is 12.8 Å². The van der Waals surface area contributed by atoms with E-state index in [1.54, 1.807) is 24.3 Å². The first kappa shape index (κ1) is 31.2. The lowest BCUT2D eigenvalue weighted by molar-refractivity contribution is -0.384. The highest BCUT2D eigenvalue weighted by Crippen LogP contribution is 2.42. The van der Waals surface area contributed by atoms with Crippen LogP contribution in [0.2, 0.25) is 0 Å². The first-order valence-corrected chi connectivity index (χ1v) is 16.7. The SMILES string of the molecule is O=C1CCC(n2nc(F)c3cc(N4CCC(CN5CCC6(CC5)CCN(c5ccc([N+](=O)[O-])cc5)CC6)CC4)ccc3c2=O)C(=O)N1. The Hall–Kier alpha value is -4.39. The zero-order valence-electron chi connectivity index (χ0n) is 26.4. The van der Waals surface area contributed by atoms with Gasteiger partial charge in [-0.3, -0.25) is 29.8 Å². The molecule has 1 unspecified atom stereocenters. The molecule has 2 aromatic carbocycles. The molecule has 47 heavy (non-hydrogen) atoms. The molecule has 0 aliphatic carbocycles. The number of nitrogens with zero attached hydrogens (tertiary/aromatic N) is 6. The Morgan fingerprint density at radius 2 is 1.49 bits per heavy atom. The van der Waals surface area contributed by atoms with Gasteiger partial charge in [-0.1, -0.05) is 0 Å². The van der Waals surface area contributed by atoms with Gasteiger partial charge in [-0.25, -0.2) is 4.68 Å². The van der Waals surface area contributed by atoms with Crippen molar-refractivity contribution in [3.8, 4) is 0 Å². The number of non-ortho nitro benzene ring substituents is 1. The van der Waals surface area contributed by atoms with Gasteiger partial charge >= 0.3 is 0 Å². The van der Waals surface area contributed by atoms with Crippen LogP contribution in [0.5, 0.6) is 0 Å². The number of amides is 2. The van der Waals surface area contributed by atoms with Crippen LogP contribution in [0.4, 0.5) is 21.5 Å². The highest BCUT2D eigenvalue weighted by molar-refractivity contribution is 5.99. The maximum atomic E-state index is 15.2. The summed E-state index contributed by atoms with van der Waals surface area (Å²) in [6, 6.07) is 11.0. The first-order chi connectivity index (χ1) is 22.7. The van der Waals surface area contributed by atoms with Gasteiger partial charge < -0.3 is 14.7 Å². The molecule has 0 radical (unpaired) electrons. The molecule has 4 aliphatic rings. The lowest BCUT2D eigenvalue weighted by Gasteiger charge is -2.48. The average molecular weight is 646 g/mol. The van der Waals surface area contributed by atoms with Crippen molar-refractivity contribution in [3.63, 3.8) is 0 Å². The maximum Gasteiger partial charge on any atom is 0.275 e. The monoisotopic (exact) mass is 645 g/mol. The van der Waals surface area contributed by atoms with Crippen LogP contribution in [0.15, 0.2) is 47.3 Å². The number of halogens is 1. The van der Waals surface area contributed by atoms with Gasteiger partial charge in [0.25, 0.3) is 17.2 Å². The van der Waals surface area contributed by atoms with Crippen LogP contribution in [0.3, 0.4) is 0 Å². The van der Waals surface area contributed by atoms with Gasteiger partial charge in [0, 0.05) is 68.0 Å². The molecule has 1 aromatic heterocycles. The molecule has 5 heterocycles. The minimum absolute atomic E-state index is 0.0737. The van der Waals surface area contributed by atoms with E-state index in [0.717, 1.165) is 87.6 Å². The molecule has 1 atom stereocenters. The van der Waals surface area contributed by atoms with E-state index in [2.05, 4.69) is 25.1 Å². The second kappa shape index (κ2) is 12.7. The summed E-state index contributed by atoms with van der Waals surface area (Å²) in [4.78, 5) is 54.8. The number of piperidine rings is 4. The number of hydrogen-bond acceptors (Lipinski definition) is 9. The molecule has 2 amide bonds. The third-order valence-electron chi connectivity index (χ3n) is 11.0. The average Bonchev–Trinajstić information content (AvgIpc) is 3.08. The number of nitro groups is 1. The molecule has 1 spiro atoms. The largest absolute Gasteiger partial charge is 0.371 e. The van der Waals surface area contributed by atoms with Crippen LogP contribution in [-0.2, 0) is 9.59 Å². The third-order valence-corrected chi connectivity index (χ3v) is 11.0. The van der Waals surface area contributed by atoms with Crippen LogP contribution in [0.1, 0.15) is 57.4 Å². The minimum Gasteiger partial charge on any atom is -0.371 e. The van der Waals surface area contributed by atoms with Crippen molar-refractivity contribution in [1.29, 1.82) is 0 Å². The van der Waals surface area contributed by atoms with Crippen molar-refractivity contribution in [3.05, 3.63) is 68.9 Å². The summed E-state index contributed by atoms with van der Waals surface area (Å²) in [6.45, 7) is 7.01. The van der Waals surface area contributed by atoms with Crippen molar-refractivity contribution >= 4 is 39.6 Å². The number of carbonyl (C=O) groups excluding carboxylic acids is 2. The quantitative estimate of drug-likeness (QED) is 0.240. The molecule has 248 valence electrons. The van der Waals surface area contributed by atoms with Gasteiger partial charge in [0.15, 0.2) is 0 Å². The number of likely N-dealkylation sites (tertiary alicyclic amines) is 1. The fourth-order valence-corrected chi connectivity index (χ4v) is 8.00. The molecule has 12 nitrogen and oxygen atoms in total. The molecule has 4 saturated heterocycles. The van der Waals surface area contributed by atoms with Gasteiger partial charge in [0.1, 0.15) is 6.04 Å². The number of nitrogens with one attached hydrogen (secondary N) is 1. The molecule has 0 saturated carbocycles. The third kappa shape index (κ3) is 6.32. The van der Waals surface area contributed by atoms with Crippen LogP contribution in [-0.4, -0.2) is 77.2 Å². The van der Waals surface area contributed by atoms with Crippen molar-refractivity contribution in [2.75, 3.05) is 55.6 Å². The fourth-order valence-electron chi connectivity index (χ4n) is 8.00. The van der Waals surface area contributed by atoms with Gasteiger partial charge in [-0.2, -0.15) is 4.39 Å².